The Bertz CT molecular complexity index is 638. The molecule has 0 saturated carbocycles. The number of piperazine rings is 1. The van der Waals surface area contributed by atoms with Gasteiger partial charge in [-0.2, -0.15) is 0 Å². The lowest BCUT2D eigenvalue weighted by molar-refractivity contribution is -0.136. The second-order valence-corrected chi connectivity index (χ2v) is 7.60. The molecule has 3 rings (SSSR count). The van der Waals surface area contributed by atoms with E-state index in [0.29, 0.717) is 13.0 Å². The third-order valence-corrected chi connectivity index (χ3v) is 5.55. The number of carbonyl (C=O) groups is 2. The van der Waals surface area contributed by atoms with Crippen molar-refractivity contribution in [2.75, 3.05) is 44.2 Å². The van der Waals surface area contributed by atoms with Crippen LogP contribution in [0.1, 0.15) is 38.2 Å². The van der Waals surface area contributed by atoms with Gasteiger partial charge < -0.3 is 14.7 Å². The first-order valence-electron chi connectivity index (χ1n) is 9.96. The van der Waals surface area contributed by atoms with Crippen LogP contribution in [0, 0.1) is 12.8 Å². The Labute approximate surface area is 156 Å². The molecule has 1 aromatic carbocycles. The van der Waals surface area contributed by atoms with E-state index in [2.05, 4.69) is 43.0 Å². The zero-order valence-electron chi connectivity index (χ0n) is 16.1. The first-order chi connectivity index (χ1) is 12.6. The number of hydrogen-bond donors (Lipinski definition) is 0. The summed E-state index contributed by atoms with van der Waals surface area (Å²) in [7, 11) is 0. The number of amides is 2. The molecule has 142 valence electrons. The van der Waals surface area contributed by atoms with E-state index < -0.39 is 0 Å². The third kappa shape index (κ3) is 4.37. The van der Waals surface area contributed by atoms with Crippen molar-refractivity contribution >= 4 is 17.5 Å². The monoisotopic (exact) mass is 357 g/mol. The molecule has 0 radical (unpaired) electrons. The summed E-state index contributed by atoms with van der Waals surface area (Å²) in [5.41, 5.74) is 2.49. The quantitative estimate of drug-likeness (QED) is 0.735. The molecule has 5 nitrogen and oxygen atoms in total. The van der Waals surface area contributed by atoms with Crippen molar-refractivity contribution in [1.82, 2.24) is 9.80 Å². The minimum atomic E-state index is -0.144. The van der Waals surface area contributed by atoms with E-state index in [4.69, 9.17) is 0 Å². The summed E-state index contributed by atoms with van der Waals surface area (Å²) in [5.74, 6) is 0.174. The number of anilines is 1. The van der Waals surface area contributed by atoms with E-state index in [1.807, 2.05) is 9.80 Å². The number of rotatable bonds is 6. The normalized spacial score (nSPS) is 20.8. The van der Waals surface area contributed by atoms with E-state index in [-0.39, 0.29) is 17.7 Å². The molecule has 1 atom stereocenters. The summed E-state index contributed by atoms with van der Waals surface area (Å²) in [6, 6.07) is 8.52. The Balaban J connectivity index is 1.50. The highest BCUT2D eigenvalue weighted by Gasteiger charge is 2.36. The predicted molar refractivity (Wildman–Crippen MR) is 104 cm³/mol. The van der Waals surface area contributed by atoms with Crippen LogP contribution in [0.25, 0.3) is 0 Å². The Kier molecular flexibility index (Phi) is 6.17. The van der Waals surface area contributed by atoms with Crippen molar-refractivity contribution < 1.29 is 9.59 Å². The third-order valence-electron chi connectivity index (χ3n) is 5.55. The van der Waals surface area contributed by atoms with Gasteiger partial charge in [0.1, 0.15) is 0 Å². The maximum Gasteiger partial charge on any atom is 0.228 e. The van der Waals surface area contributed by atoms with E-state index in [0.717, 1.165) is 52.0 Å². The van der Waals surface area contributed by atoms with Crippen molar-refractivity contribution in [2.24, 2.45) is 5.92 Å². The number of likely N-dealkylation sites (tertiary alicyclic amines) is 1. The van der Waals surface area contributed by atoms with Crippen LogP contribution in [0.5, 0.6) is 0 Å². The van der Waals surface area contributed by atoms with Crippen LogP contribution in [0.15, 0.2) is 24.3 Å². The van der Waals surface area contributed by atoms with Crippen molar-refractivity contribution in [1.29, 1.82) is 0 Å². The Morgan fingerprint density at radius 3 is 2.62 bits per heavy atom. The smallest absolute Gasteiger partial charge is 0.228 e. The second kappa shape index (κ2) is 8.56. The summed E-state index contributed by atoms with van der Waals surface area (Å²) < 4.78 is 0. The lowest BCUT2D eigenvalue weighted by atomic mass is 10.1. The lowest BCUT2D eigenvalue weighted by Gasteiger charge is -2.37. The molecule has 0 aliphatic carbocycles. The molecule has 5 heteroatoms. The minimum absolute atomic E-state index is 0.144. The number of carbonyl (C=O) groups excluding carboxylic acids is 2. The molecule has 2 aliphatic rings. The van der Waals surface area contributed by atoms with Gasteiger partial charge in [-0.15, -0.1) is 0 Å². The maximum absolute atomic E-state index is 12.8. The fraction of sp³-hybridized carbons (Fsp3) is 0.619. The van der Waals surface area contributed by atoms with Crippen molar-refractivity contribution in [3.8, 4) is 0 Å². The van der Waals surface area contributed by atoms with E-state index in [1.165, 1.54) is 11.3 Å². The average Bonchev–Trinajstić information content (AvgIpc) is 3.02. The molecule has 2 aliphatic heterocycles. The van der Waals surface area contributed by atoms with E-state index in [1.54, 1.807) is 0 Å². The van der Waals surface area contributed by atoms with Crippen molar-refractivity contribution in [3.05, 3.63) is 29.8 Å². The molecular weight excluding hydrogens is 326 g/mol. The summed E-state index contributed by atoms with van der Waals surface area (Å²) in [4.78, 5) is 31.2. The van der Waals surface area contributed by atoms with Gasteiger partial charge in [0.05, 0.1) is 5.92 Å². The zero-order valence-corrected chi connectivity index (χ0v) is 16.1. The van der Waals surface area contributed by atoms with Gasteiger partial charge in [0.25, 0.3) is 0 Å². The van der Waals surface area contributed by atoms with Crippen LogP contribution in [0.3, 0.4) is 0 Å². The molecule has 0 bridgehead atoms. The molecule has 1 unspecified atom stereocenters. The van der Waals surface area contributed by atoms with Gasteiger partial charge in [0.2, 0.25) is 11.8 Å². The Hall–Kier alpha value is -2.04. The predicted octanol–water partition coefficient (Wildman–Crippen LogP) is 2.68. The number of aryl methyl sites for hydroxylation is 1. The molecular formula is C21H31N3O2. The molecule has 2 fully saturated rings. The number of unbranched alkanes of at least 4 members (excludes halogenated alkanes) is 2. The topological polar surface area (TPSA) is 43.9 Å². The van der Waals surface area contributed by atoms with Crippen molar-refractivity contribution in [2.45, 2.75) is 39.5 Å². The van der Waals surface area contributed by atoms with Crippen LogP contribution >= 0.6 is 0 Å². The summed E-state index contributed by atoms with van der Waals surface area (Å²) >= 11 is 0. The highest BCUT2D eigenvalue weighted by Crippen LogP contribution is 2.23. The number of hydrogen-bond acceptors (Lipinski definition) is 3. The molecule has 2 heterocycles. The van der Waals surface area contributed by atoms with Crippen LogP contribution in [0.4, 0.5) is 5.69 Å². The summed E-state index contributed by atoms with van der Waals surface area (Å²) in [6.07, 6.45) is 3.72. The van der Waals surface area contributed by atoms with Crippen LogP contribution in [0.2, 0.25) is 0 Å². The Morgan fingerprint density at radius 2 is 1.92 bits per heavy atom. The van der Waals surface area contributed by atoms with E-state index >= 15 is 0 Å². The summed E-state index contributed by atoms with van der Waals surface area (Å²) in [6.45, 7) is 8.88. The molecule has 1 aromatic rings. The molecule has 0 N–H and O–H groups in total. The Morgan fingerprint density at radius 1 is 1.15 bits per heavy atom. The van der Waals surface area contributed by atoms with Crippen LogP contribution < -0.4 is 4.90 Å². The van der Waals surface area contributed by atoms with Gasteiger partial charge in [0, 0.05) is 51.4 Å². The van der Waals surface area contributed by atoms with Gasteiger partial charge in [-0.05, 0) is 31.0 Å². The second-order valence-electron chi connectivity index (χ2n) is 7.60. The first-order valence-corrected chi connectivity index (χ1v) is 9.96. The zero-order chi connectivity index (χ0) is 18.5. The number of nitrogens with zero attached hydrogens (tertiary/aromatic N) is 3. The van der Waals surface area contributed by atoms with Gasteiger partial charge in [-0.25, -0.2) is 0 Å². The minimum Gasteiger partial charge on any atom is -0.368 e. The first kappa shape index (κ1) is 18.7. The van der Waals surface area contributed by atoms with Gasteiger partial charge in [-0.3, -0.25) is 9.59 Å². The molecule has 2 amide bonds. The largest absolute Gasteiger partial charge is 0.368 e. The molecule has 2 saturated heterocycles. The lowest BCUT2D eigenvalue weighted by Crippen LogP contribution is -2.50. The fourth-order valence-electron chi connectivity index (χ4n) is 3.97. The van der Waals surface area contributed by atoms with Gasteiger partial charge in [-0.1, -0.05) is 31.9 Å². The van der Waals surface area contributed by atoms with Crippen LogP contribution in [-0.2, 0) is 9.59 Å². The molecule has 0 aromatic heterocycles. The highest BCUT2D eigenvalue weighted by molar-refractivity contribution is 5.89. The fourth-order valence-corrected chi connectivity index (χ4v) is 3.97. The molecule has 0 spiro atoms. The SMILES string of the molecule is CCCCCN1CC(C(=O)N2CCN(c3cccc(C)c3)CC2)CC1=O. The number of benzene rings is 1. The van der Waals surface area contributed by atoms with Gasteiger partial charge >= 0.3 is 0 Å². The highest BCUT2D eigenvalue weighted by atomic mass is 16.2. The van der Waals surface area contributed by atoms with Crippen LogP contribution in [-0.4, -0.2) is 60.9 Å². The van der Waals surface area contributed by atoms with Crippen molar-refractivity contribution in [3.63, 3.8) is 0 Å². The van der Waals surface area contributed by atoms with E-state index in [9.17, 15) is 9.59 Å². The summed E-state index contributed by atoms with van der Waals surface area (Å²) in [5, 5.41) is 0. The molecule has 26 heavy (non-hydrogen) atoms. The maximum atomic E-state index is 12.8. The standard InChI is InChI=1S/C21H31N3O2/c1-3-4-5-9-24-16-18(15-20(24)25)21(26)23-12-10-22(11-13-23)19-8-6-7-17(2)14-19/h6-8,14,18H,3-5,9-13,15-16H2,1-2H3. The average molecular weight is 357 g/mol. The van der Waals surface area contributed by atoms with Gasteiger partial charge in [0.15, 0.2) is 0 Å².